The first-order valence-electron chi connectivity index (χ1n) is 6.22. The molecule has 0 aromatic heterocycles. The van der Waals surface area contributed by atoms with E-state index in [2.05, 4.69) is 12.2 Å². The number of hydrogen-bond acceptors (Lipinski definition) is 2. The lowest BCUT2D eigenvalue weighted by Crippen LogP contribution is -2.44. The van der Waals surface area contributed by atoms with Crippen LogP contribution in [-0.2, 0) is 4.79 Å². The van der Waals surface area contributed by atoms with Gasteiger partial charge in [-0.1, -0.05) is 13.3 Å². The van der Waals surface area contributed by atoms with Crippen LogP contribution in [0.5, 0.6) is 0 Å². The fourth-order valence-corrected chi connectivity index (χ4v) is 2.69. The van der Waals surface area contributed by atoms with Gasteiger partial charge in [0.25, 0.3) is 0 Å². The van der Waals surface area contributed by atoms with Crippen molar-refractivity contribution in [3.05, 3.63) is 0 Å². The van der Waals surface area contributed by atoms with Crippen LogP contribution >= 0.6 is 0 Å². The predicted octanol–water partition coefficient (Wildman–Crippen LogP) is 1.28. The molecule has 2 rings (SSSR count). The fourth-order valence-electron chi connectivity index (χ4n) is 2.69. The summed E-state index contributed by atoms with van der Waals surface area (Å²) in [6.45, 7) is 2.78. The van der Waals surface area contributed by atoms with E-state index >= 15 is 0 Å². The van der Waals surface area contributed by atoms with Crippen LogP contribution in [-0.4, -0.2) is 18.5 Å². The molecule has 3 heteroatoms. The Hall–Kier alpha value is -0.570. The summed E-state index contributed by atoms with van der Waals surface area (Å²) < 4.78 is 0. The minimum atomic E-state index is 0.241. The molecular weight excluding hydrogens is 188 g/mol. The maximum absolute atomic E-state index is 12.0. The van der Waals surface area contributed by atoms with Gasteiger partial charge in [-0.15, -0.1) is 0 Å². The highest BCUT2D eigenvalue weighted by atomic mass is 16.2. The molecule has 3 N–H and O–H groups in total. The van der Waals surface area contributed by atoms with Crippen molar-refractivity contribution in [1.82, 2.24) is 5.32 Å². The summed E-state index contributed by atoms with van der Waals surface area (Å²) >= 11 is 0. The molecule has 0 bridgehead atoms. The maximum atomic E-state index is 12.0. The first-order chi connectivity index (χ1) is 7.22. The second-order valence-corrected chi connectivity index (χ2v) is 5.20. The Morgan fingerprint density at radius 1 is 1.40 bits per heavy atom. The number of rotatable bonds is 4. The first-order valence-corrected chi connectivity index (χ1v) is 6.22. The molecule has 3 atom stereocenters. The fraction of sp³-hybridized carbons (Fsp3) is 0.917. The van der Waals surface area contributed by atoms with E-state index in [1.807, 2.05) is 0 Å². The van der Waals surface area contributed by atoms with Gasteiger partial charge in [-0.05, 0) is 37.5 Å². The summed E-state index contributed by atoms with van der Waals surface area (Å²) in [4.78, 5) is 12.0. The van der Waals surface area contributed by atoms with Crippen LogP contribution in [0.1, 0.15) is 39.0 Å². The van der Waals surface area contributed by atoms with Crippen LogP contribution < -0.4 is 11.1 Å². The van der Waals surface area contributed by atoms with E-state index in [9.17, 15) is 4.79 Å². The summed E-state index contributed by atoms with van der Waals surface area (Å²) in [5, 5.41) is 3.14. The summed E-state index contributed by atoms with van der Waals surface area (Å²) in [5.41, 5.74) is 5.68. The van der Waals surface area contributed by atoms with Crippen LogP contribution in [0.25, 0.3) is 0 Å². The highest BCUT2D eigenvalue weighted by molar-refractivity contribution is 5.79. The molecule has 2 aliphatic rings. The third-order valence-electron chi connectivity index (χ3n) is 3.97. The van der Waals surface area contributed by atoms with Crippen molar-refractivity contribution in [2.24, 2.45) is 23.5 Å². The van der Waals surface area contributed by atoms with E-state index in [1.165, 1.54) is 25.7 Å². The SMILES string of the molecule is CC1CCCC1C(=O)NC(CN)C1CC1. The Morgan fingerprint density at radius 2 is 2.13 bits per heavy atom. The third kappa shape index (κ3) is 2.51. The lowest BCUT2D eigenvalue weighted by molar-refractivity contribution is -0.126. The second kappa shape index (κ2) is 4.52. The van der Waals surface area contributed by atoms with E-state index < -0.39 is 0 Å². The van der Waals surface area contributed by atoms with Gasteiger partial charge in [0.2, 0.25) is 5.91 Å². The number of carbonyl (C=O) groups is 1. The van der Waals surface area contributed by atoms with Crippen molar-refractivity contribution in [1.29, 1.82) is 0 Å². The Labute approximate surface area is 91.8 Å². The minimum Gasteiger partial charge on any atom is -0.352 e. The van der Waals surface area contributed by atoms with Crippen LogP contribution in [0.4, 0.5) is 0 Å². The average molecular weight is 210 g/mol. The van der Waals surface area contributed by atoms with E-state index in [-0.39, 0.29) is 17.9 Å². The molecule has 0 heterocycles. The lowest BCUT2D eigenvalue weighted by Gasteiger charge is -2.21. The molecule has 0 spiro atoms. The van der Waals surface area contributed by atoms with E-state index in [0.29, 0.717) is 18.4 Å². The third-order valence-corrected chi connectivity index (χ3v) is 3.97. The Kier molecular flexibility index (Phi) is 3.29. The molecule has 0 saturated heterocycles. The number of nitrogens with two attached hydrogens (primary N) is 1. The van der Waals surface area contributed by atoms with Crippen molar-refractivity contribution < 1.29 is 4.79 Å². The summed E-state index contributed by atoms with van der Waals surface area (Å²) in [5.74, 6) is 1.72. The van der Waals surface area contributed by atoms with Crippen LogP contribution in [0, 0.1) is 17.8 Å². The van der Waals surface area contributed by atoms with Crippen molar-refractivity contribution in [3.63, 3.8) is 0 Å². The summed E-state index contributed by atoms with van der Waals surface area (Å²) in [6.07, 6.45) is 5.95. The van der Waals surface area contributed by atoms with Gasteiger partial charge in [0.05, 0.1) is 0 Å². The average Bonchev–Trinajstić information content (AvgIpc) is 2.97. The molecule has 0 aliphatic heterocycles. The zero-order valence-electron chi connectivity index (χ0n) is 9.54. The van der Waals surface area contributed by atoms with Gasteiger partial charge in [0.15, 0.2) is 0 Å². The summed E-state index contributed by atoms with van der Waals surface area (Å²) in [7, 11) is 0. The number of nitrogens with one attached hydrogen (secondary N) is 1. The summed E-state index contributed by atoms with van der Waals surface area (Å²) in [6, 6.07) is 0.241. The van der Waals surface area contributed by atoms with E-state index in [1.54, 1.807) is 0 Å². The van der Waals surface area contributed by atoms with Crippen LogP contribution in [0.3, 0.4) is 0 Å². The Balaban J connectivity index is 1.84. The minimum absolute atomic E-state index is 0.241. The molecular formula is C12H22N2O. The lowest BCUT2D eigenvalue weighted by atomic mass is 9.96. The van der Waals surface area contributed by atoms with Gasteiger partial charge >= 0.3 is 0 Å². The number of carbonyl (C=O) groups excluding carboxylic acids is 1. The van der Waals surface area contributed by atoms with Gasteiger partial charge in [0, 0.05) is 18.5 Å². The molecule has 2 aliphatic carbocycles. The van der Waals surface area contributed by atoms with E-state index in [0.717, 1.165) is 6.42 Å². The first kappa shape index (κ1) is 10.9. The van der Waals surface area contributed by atoms with Gasteiger partial charge < -0.3 is 11.1 Å². The van der Waals surface area contributed by atoms with Crippen LogP contribution in [0.2, 0.25) is 0 Å². The Bertz CT molecular complexity index is 238. The quantitative estimate of drug-likeness (QED) is 0.734. The van der Waals surface area contributed by atoms with Gasteiger partial charge in [-0.3, -0.25) is 4.79 Å². The monoisotopic (exact) mass is 210 g/mol. The van der Waals surface area contributed by atoms with Crippen molar-refractivity contribution in [2.75, 3.05) is 6.54 Å². The van der Waals surface area contributed by atoms with Gasteiger partial charge in [-0.25, -0.2) is 0 Å². The number of hydrogen-bond donors (Lipinski definition) is 2. The van der Waals surface area contributed by atoms with Crippen LogP contribution in [0.15, 0.2) is 0 Å². The Morgan fingerprint density at radius 3 is 2.60 bits per heavy atom. The zero-order chi connectivity index (χ0) is 10.8. The normalized spacial score (nSPS) is 32.7. The largest absolute Gasteiger partial charge is 0.352 e. The topological polar surface area (TPSA) is 55.1 Å². The molecule has 2 fully saturated rings. The number of amides is 1. The molecule has 0 radical (unpaired) electrons. The molecule has 15 heavy (non-hydrogen) atoms. The highest BCUT2D eigenvalue weighted by Gasteiger charge is 2.35. The molecule has 1 amide bonds. The molecule has 0 aromatic carbocycles. The van der Waals surface area contributed by atoms with Crippen molar-refractivity contribution in [3.8, 4) is 0 Å². The van der Waals surface area contributed by atoms with E-state index in [4.69, 9.17) is 5.73 Å². The molecule has 3 nitrogen and oxygen atoms in total. The maximum Gasteiger partial charge on any atom is 0.223 e. The van der Waals surface area contributed by atoms with Crippen molar-refractivity contribution >= 4 is 5.91 Å². The molecule has 0 aromatic rings. The second-order valence-electron chi connectivity index (χ2n) is 5.20. The standard InChI is InChI=1S/C12H22N2O/c1-8-3-2-4-10(8)12(15)14-11(7-13)9-5-6-9/h8-11H,2-7,13H2,1H3,(H,14,15). The molecule has 2 saturated carbocycles. The molecule has 86 valence electrons. The zero-order valence-corrected chi connectivity index (χ0v) is 9.54. The van der Waals surface area contributed by atoms with Crippen molar-refractivity contribution in [2.45, 2.75) is 45.1 Å². The smallest absolute Gasteiger partial charge is 0.223 e. The highest BCUT2D eigenvalue weighted by Crippen LogP contribution is 2.34. The van der Waals surface area contributed by atoms with Gasteiger partial charge in [-0.2, -0.15) is 0 Å². The predicted molar refractivity (Wildman–Crippen MR) is 60.2 cm³/mol. The van der Waals surface area contributed by atoms with Gasteiger partial charge in [0.1, 0.15) is 0 Å². The molecule has 3 unspecified atom stereocenters.